The molecule has 0 aliphatic rings. The van der Waals surface area contributed by atoms with E-state index in [0.717, 1.165) is 0 Å². The first-order valence-corrected chi connectivity index (χ1v) is 10.6. The summed E-state index contributed by atoms with van der Waals surface area (Å²) in [7, 11) is 0. The maximum absolute atomic E-state index is 12.8. The molecule has 0 saturated heterocycles. The summed E-state index contributed by atoms with van der Waals surface area (Å²) in [4.78, 5) is 49.1. The maximum Gasteiger partial charge on any atom is 0.326 e. The van der Waals surface area contributed by atoms with Crippen molar-refractivity contribution in [1.29, 1.82) is 0 Å². The highest BCUT2D eigenvalue weighted by Gasteiger charge is 2.32. The molecule has 0 aromatic heterocycles. The molecule has 178 valence electrons. The Hall–Kier alpha value is -2.98. The first kappa shape index (κ1) is 27.1. The van der Waals surface area contributed by atoms with Crippen LogP contribution in [-0.4, -0.2) is 64.7 Å². The zero-order valence-corrected chi connectivity index (χ0v) is 18.7. The van der Waals surface area contributed by atoms with E-state index in [1.165, 1.54) is 6.92 Å². The first-order chi connectivity index (χ1) is 15.0. The minimum absolute atomic E-state index is 0.0352. The molecular formula is C22H34N4O6. The van der Waals surface area contributed by atoms with Crippen molar-refractivity contribution >= 4 is 23.7 Å². The number of carboxylic acid groups (broad SMARTS) is 1. The lowest BCUT2D eigenvalue weighted by Crippen LogP contribution is -2.59. The van der Waals surface area contributed by atoms with Gasteiger partial charge in [0, 0.05) is 19.4 Å². The predicted molar refractivity (Wildman–Crippen MR) is 118 cm³/mol. The number of aliphatic hydroxyl groups excluding tert-OH is 1. The van der Waals surface area contributed by atoms with Gasteiger partial charge in [-0.15, -0.1) is 0 Å². The Morgan fingerprint density at radius 1 is 0.938 bits per heavy atom. The van der Waals surface area contributed by atoms with Crippen molar-refractivity contribution in [3.63, 3.8) is 0 Å². The molecule has 0 saturated carbocycles. The van der Waals surface area contributed by atoms with E-state index in [2.05, 4.69) is 16.0 Å². The van der Waals surface area contributed by atoms with Gasteiger partial charge in [-0.05, 0) is 24.8 Å². The van der Waals surface area contributed by atoms with Crippen molar-refractivity contribution in [2.75, 3.05) is 6.54 Å². The van der Waals surface area contributed by atoms with Gasteiger partial charge in [-0.25, -0.2) is 4.79 Å². The van der Waals surface area contributed by atoms with Crippen LogP contribution in [0.3, 0.4) is 0 Å². The number of benzene rings is 1. The number of carbonyl (C=O) groups excluding carboxylic acids is 3. The van der Waals surface area contributed by atoms with Crippen LogP contribution < -0.4 is 21.7 Å². The van der Waals surface area contributed by atoms with Gasteiger partial charge in [0.1, 0.15) is 18.1 Å². The van der Waals surface area contributed by atoms with Crippen molar-refractivity contribution in [3.05, 3.63) is 35.9 Å². The van der Waals surface area contributed by atoms with E-state index in [0.29, 0.717) is 12.0 Å². The van der Waals surface area contributed by atoms with E-state index in [-0.39, 0.29) is 25.3 Å². The van der Waals surface area contributed by atoms with Gasteiger partial charge < -0.3 is 31.9 Å². The molecule has 1 rings (SSSR count). The molecule has 0 unspecified atom stereocenters. The minimum atomic E-state index is -1.40. The Kier molecular flexibility index (Phi) is 11.4. The van der Waals surface area contributed by atoms with Crippen LogP contribution >= 0.6 is 0 Å². The summed E-state index contributed by atoms with van der Waals surface area (Å²) in [6.45, 7) is 5.17. The summed E-state index contributed by atoms with van der Waals surface area (Å²) < 4.78 is 0. The highest BCUT2D eigenvalue weighted by molar-refractivity contribution is 5.93. The molecule has 3 amide bonds. The summed E-state index contributed by atoms with van der Waals surface area (Å²) in [5.41, 5.74) is 6.08. The quantitative estimate of drug-likeness (QED) is 0.236. The van der Waals surface area contributed by atoms with Crippen LogP contribution in [0.15, 0.2) is 30.3 Å². The molecule has 0 bridgehead atoms. The molecule has 10 heteroatoms. The third kappa shape index (κ3) is 9.44. The molecule has 0 heterocycles. The van der Waals surface area contributed by atoms with E-state index in [9.17, 15) is 29.4 Å². The fraction of sp³-hybridized carbons (Fsp3) is 0.545. The lowest BCUT2D eigenvalue weighted by molar-refractivity contribution is -0.143. The van der Waals surface area contributed by atoms with Crippen LogP contribution in [0.5, 0.6) is 0 Å². The Morgan fingerprint density at radius 3 is 2.06 bits per heavy atom. The third-order valence-electron chi connectivity index (χ3n) is 4.69. The third-order valence-corrected chi connectivity index (χ3v) is 4.69. The number of aliphatic carboxylic acids is 1. The highest BCUT2D eigenvalue weighted by Crippen LogP contribution is 2.08. The average molecular weight is 451 g/mol. The SMILES string of the molecule is CC(C)C[C@H](NC(=O)CCN)C(=O)N[C@H](C(=O)N[C@@H](Cc1ccccc1)C(=O)O)[C@@H](C)O. The number of amides is 3. The van der Waals surface area contributed by atoms with Crippen molar-refractivity contribution < 1.29 is 29.4 Å². The van der Waals surface area contributed by atoms with E-state index in [4.69, 9.17) is 5.73 Å². The van der Waals surface area contributed by atoms with Gasteiger partial charge in [0.2, 0.25) is 17.7 Å². The molecule has 1 aromatic rings. The second-order valence-electron chi connectivity index (χ2n) is 8.10. The van der Waals surface area contributed by atoms with E-state index in [1.807, 2.05) is 13.8 Å². The molecule has 0 aliphatic heterocycles. The summed E-state index contributed by atoms with van der Waals surface area (Å²) in [5.74, 6) is -3.08. The molecule has 32 heavy (non-hydrogen) atoms. The predicted octanol–water partition coefficient (Wildman–Crippen LogP) is -0.456. The average Bonchev–Trinajstić information content (AvgIpc) is 2.71. The van der Waals surface area contributed by atoms with Crippen LogP contribution in [0.1, 0.15) is 39.2 Å². The monoisotopic (exact) mass is 450 g/mol. The number of hydrogen-bond acceptors (Lipinski definition) is 6. The number of carboxylic acids is 1. The molecule has 7 N–H and O–H groups in total. The molecule has 0 radical (unpaired) electrons. The largest absolute Gasteiger partial charge is 0.480 e. The highest BCUT2D eigenvalue weighted by atomic mass is 16.4. The van der Waals surface area contributed by atoms with Crippen molar-refractivity contribution in [2.45, 2.75) is 64.3 Å². The number of nitrogens with one attached hydrogen (secondary N) is 3. The van der Waals surface area contributed by atoms with E-state index in [1.54, 1.807) is 30.3 Å². The van der Waals surface area contributed by atoms with Crippen molar-refractivity contribution in [1.82, 2.24) is 16.0 Å². The van der Waals surface area contributed by atoms with Crippen LogP contribution in [0.25, 0.3) is 0 Å². The molecule has 0 spiro atoms. The Bertz CT molecular complexity index is 769. The molecular weight excluding hydrogens is 416 g/mol. The standard InChI is InChI=1S/C22H34N4O6/c1-13(2)11-16(24-18(28)9-10-23)20(29)26-19(14(3)27)21(30)25-17(22(31)32)12-15-7-5-4-6-8-15/h4-8,13-14,16-17,19,27H,9-12,23H2,1-3H3,(H,24,28)(H,25,30)(H,26,29)(H,31,32)/t14-,16+,17+,19+/m1/s1. The van der Waals surface area contributed by atoms with Gasteiger partial charge in [0.05, 0.1) is 6.10 Å². The molecule has 0 fully saturated rings. The van der Waals surface area contributed by atoms with Crippen LogP contribution in [0.4, 0.5) is 0 Å². The van der Waals surface area contributed by atoms with Crippen molar-refractivity contribution in [2.24, 2.45) is 11.7 Å². The summed E-state index contributed by atoms with van der Waals surface area (Å²) >= 11 is 0. The normalized spacial score (nSPS) is 14.7. The minimum Gasteiger partial charge on any atom is -0.480 e. The Balaban J connectivity index is 2.91. The molecule has 0 aliphatic carbocycles. The summed E-state index contributed by atoms with van der Waals surface area (Å²) in [6.07, 6.45) is -0.915. The van der Waals surface area contributed by atoms with Gasteiger partial charge in [0.25, 0.3) is 0 Å². The van der Waals surface area contributed by atoms with E-state index < -0.39 is 47.9 Å². The van der Waals surface area contributed by atoms with Crippen molar-refractivity contribution in [3.8, 4) is 0 Å². The van der Waals surface area contributed by atoms with Gasteiger partial charge in [0.15, 0.2) is 0 Å². The number of hydrogen-bond donors (Lipinski definition) is 6. The van der Waals surface area contributed by atoms with Crippen LogP contribution in [-0.2, 0) is 25.6 Å². The topological polar surface area (TPSA) is 171 Å². The Labute approximate surface area is 187 Å². The van der Waals surface area contributed by atoms with Gasteiger partial charge in [-0.3, -0.25) is 14.4 Å². The number of carbonyl (C=O) groups is 4. The van der Waals surface area contributed by atoms with Gasteiger partial charge in [-0.2, -0.15) is 0 Å². The smallest absolute Gasteiger partial charge is 0.326 e. The zero-order chi connectivity index (χ0) is 24.3. The summed E-state index contributed by atoms with van der Waals surface area (Å²) in [6, 6.07) is 5.18. The number of aliphatic hydroxyl groups is 1. The lowest BCUT2D eigenvalue weighted by atomic mass is 10.0. The fourth-order valence-corrected chi connectivity index (χ4v) is 3.07. The number of rotatable bonds is 13. The van der Waals surface area contributed by atoms with Gasteiger partial charge >= 0.3 is 5.97 Å². The fourth-order valence-electron chi connectivity index (χ4n) is 3.07. The second-order valence-corrected chi connectivity index (χ2v) is 8.10. The van der Waals surface area contributed by atoms with Crippen LogP contribution in [0, 0.1) is 5.92 Å². The zero-order valence-electron chi connectivity index (χ0n) is 18.7. The second kappa shape index (κ2) is 13.4. The van der Waals surface area contributed by atoms with Crippen LogP contribution in [0.2, 0.25) is 0 Å². The van der Waals surface area contributed by atoms with Gasteiger partial charge in [-0.1, -0.05) is 44.2 Å². The molecule has 4 atom stereocenters. The lowest BCUT2D eigenvalue weighted by Gasteiger charge is -2.26. The number of nitrogens with two attached hydrogens (primary N) is 1. The first-order valence-electron chi connectivity index (χ1n) is 10.6. The maximum atomic E-state index is 12.8. The molecule has 10 nitrogen and oxygen atoms in total. The Morgan fingerprint density at radius 2 is 1.56 bits per heavy atom. The van der Waals surface area contributed by atoms with E-state index >= 15 is 0 Å². The summed E-state index contributed by atoms with van der Waals surface area (Å²) in [5, 5.41) is 27.0. The molecule has 1 aromatic carbocycles.